The molecule has 126 valence electrons. The number of carbonyl (C=O) groups is 2. The first-order chi connectivity index (χ1) is 11.3. The molecule has 0 saturated carbocycles. The van der Waals surface area contributed by atoms with E-state index in [4.69, 9.17) is 0 Å². The summed E-state index contributed by atoms with van der Waals surface area (Å²) in [6, 6.07) is 4.00. The molecule has 1 aromatic heterocycles. The number of benzene rings is 1. The van der Waals surface area contributed by atoms with Crippen LogP contribution < -0.4 is 5.32 Å². The molecule has 1 heterocycles. The van der Waals surface area contributed by atoms with Crippen molar-refractivity contribution in [2.45, 2.75) is 26.4 Å². The Balaban J connectivity index is 2.15. The molecular formula is C15H16N4O5. The molecule has 1 unspecified atom stereocenters. The van der Waals surface area contributed by atoms with Crippen LogP contribution in [0.1, 0.15) is 22.7 Å². The van der Waals surface area contributed by atoms with E-state index in [1.54, 1.807) is 19.1 Å². The second-order valence-electron chi connectivity index (χ2n) is 5.28. The number of nitrogens with one attached hydrogen (secondary N) is 1. The van der Waals surface area contributed by atoms with Crippen molar-refractivity contribution < 1.29 is 19.6 Å². The minimum Gasteiger partial charge on any atom is -0.479 e. The van der Waals surface area contributed by atoms with Gasteiger partial charge in [-0.1, -0.05) is 18.2 Å². The average Bonchev–Trinajstić information content (AvgIpc) is 2.96. The van der Waals surface area contributed by atoms with Crippen LogP contribution >= 0.6 is 0 Å². The van der Waals surface area contributed by atoms with Crippen molar-refractivity contribution in [1.29, 1.82) is 0 Å². The first kappa shape index (κ1) is 17.1. The largest absolute Gasteiger partial charge is 0.479 e. The molecule has 1 atom stereocenters. The molecule has 0 bridgehead atoms. The predicted octanol–water partition coefficient (Wildman–Crippen LogP) is 1.35. The second-order valence-corrected chi connectivity index (χ2v) is 5.28. The van der Waals surface area contributed by atoms with Crippen molar-refractivity contribution in [3.8, 4) is 0 Å². The molecule has 24 heavy (non-hydrogen) atoms. The number of hydrogen-bond donors (Lipinski definition) is 2. The molecule has 0 spiro atoms. The van der Waals surface area contributed by atoms with Crippen molar-refractivity contribution in [2.75, 3.05) is 0 Å². The molecule has 1 amide bonds. The fourth-order valence-electron chi connectivity index (χ4n) is 2.25. The van der Waals surface area contributed by atoms with E-state index in [-0.39, 0.29) is 12.2 Å². The van der Waals surface area contributed by atoms with Crippen LogP contribution in [0.3, 0.4) is 0 Å². The van der Waals surface area contributed by atoms with Crippen molar-refractivity contribution in [2.24, 2.45) is 0 Å². The topological polar surface area (TPSA) is 127 Å². The number of carbonyl (C=O) groups excluding carboxylic acids is 1. The van der Waals surface area contributed by atoms with Gasteiger partial charge in [0.2, 0.25) is 5.91 Å². The maximum absolute atomic E-state index is 12.1. The number of aromatic nitrogens is 2. The van der Waals surface area contributed by atoms with Gasteiger partial charge in [0, 0.05) is 0 Å². The van der Waals surface area contributed by atoms with Crippen molar-refractivity contribution in [3.63, 3.8) is 0 Å². The molecule has 0 saturated heterocycles. The first-order valence-corrected chi connectivity index (χ1v) is 7.04. The van der Waals surface area contributed by atoms with E-state index in [9.17, 15) is 24.8 Å². The molecule has 0 aliphatic heterocycles. The lowest BCUT2D eigenvalue weighted by Gasteiger charge is -2.18. The minimum atomic E-state index is -1.21. The molecule has 0 radical (unpaired) electrons. The van der Waals surface area contributed by atoms with E-state index in [1.807, 2.05) is 13.0 Å². The number of nitrogens with zero attached hydrogens (tertiary/aromatic N) is 3. The first-order valence-electron chi connectivity index (χ1n) is 7.04. The van der Waals surface area contributed by atoms with Crippen LogP contribution in [-0.4, -0.2) is 31.7 Å². The number of nitro groups is 1. The Labute approximate surface area is 137 Å². The van der Waals surface area contributed by atoms with Gasteiger partial charge in [-0.15, -0.1) is 0 Å². The average molecular weight is 332 g/mol. The Bertz CT molecular complexity index is 799. The summed E-state index contributed by atoms with van der Waals surface area (Å²) in [5.74, 6) is -1.80. The fourth-order valence-corrected chi connectivity index (χ4v) is 2.25. The number of hydrogen-bond acceptors (Lipinski definition) is 5. The number of carboxylic acid groups (broad SMARTS) is 1. The van der Waals surface area contributed by atoms with Crippen LogP contribution in [0.25, 0.3) is 0 Å². The maximum atomic E-state index is 12.1. The standard InChI is InChI=1S/C15H16N4O5/c1-9-4-3-5-12(10(9)2)14(15(21)22)17-13(20)8-18-7-11(6-16-18)19(23)24/h3-7,14H,8H2,1-2H3,(H,17,20)(H,21,22). The zero-order chi connectivity index (χ0) is 17.9. The monoisotopic (exact) mass is 332 g/mol. The number of aliphatic carboxylic acids is 1. The highest BCUT2D eigenvalue weighted by molar-refractivity contribution is 5.84. The highest BCUT2D eigenvalue weighted by Gasteiger charge is 2.24. The van der Waals surface area contributed by atoms with E-state index >= 15 is 0 Å². The summed E-state index contributed by atoms with van der Waals surface area (Å²) in [7, 11) is 0. The Morgan fingerprint density at radius 3 is 2.71 bits per heavy atom. The highest BCUT2D eigenvalue weighted by Crippen LogP contribution is 2.21. The van der Waals surface area contributed by atoms with Crippen LogP contribution in [0.15, 0.2) is 30.6 Å². The van der Waals surface area contributed by atoms with Gasteiger partial charge in [0.25, 0.3) is 0 Å². The zero-order valence-corrected chi connectivity index (χ0v) is 13.1. The third-order valence-electron chi connectivity index (χ3n) is 3.65. The van der Waals surface area contributed by atoms with Gasteiger partial charge in [-0.3, -0.25) is 19.6 Å². The molecule has 0 aliphatic carbocycles. The van der Waals surface area contributed by atoms with Gasteiger partial charge >= 0.3 is 11.7 Å². The molecule has 2 N–H and O–H groups in total. The van der Waals surface area contributed by atoms with E-state index in [0.717, 1.165) is 28.2 Å². The lowest BCUT2D eigenvalue weighted by atomic mass is 9.97. The van der Waals surface area contributed by atoms with Crippen LogP contribution in [0.4, 0.5) is 5.69 Å². The number of aryl methyl sites for hydroxylation is 1. The van der Waals surface area contributed by atoms with Gasteiger partial charge in [0.15, 0.2) is 6.04 Å². The third-order valence-corrected chi connectivity index (χ3v) is 3.65. The van der Waals surface area contributed by atoms with Crippen molar-refractivity contribution in [3.05, 3.63) is 57.4 Å². The van der Waals surface area contributed by atoms with Gasteiger partial charge in [0.05, 0.1) is 4.92 Å². The summed E-state index contributed by atoms with van der Waals surface area (Å²) in [5, 5.41) is 26.1. The normalized spacial score (nSPS) is 11.8. The molecule has 0 aliphatic rings. The SMILES string of the molecule is Cc1cccc(C(NC(=O)Cn2cc([N+](=O)[O-])cn2)C(=O)O)c1C. The predicted molar refractivity (Wildman–Crippen MR) is 83.3 cm³/mol. The lowest BCUT2D eigenvalue weighted by molar-refractivity contribution is -0.385. The second kappa shape index (κ2) is 6.90. The van der Waals surface area contributed by atoms with Crippen molar-refractivity contribution in [1.82, 2.24) is 15.1 Å². The van der Waals surface area contributed by atoms with Crippen LogP contribution in [-0.2, 0) is 16.1 Å². The Morgan fingerprint density at radius 2 is 2.12 bits per heavy atom. The summed E-state index contributed by atoms with van der Waals surface area (Å²) in [6.07, 6.45) is 2.12. The molecule has 9 heteroatoms. The third kappa shape index (κ3) is 3.75. The zero-order valence-electron chi connectivity index (χ0n) is 13.1. The molecule has 0 fully saturated rings. The Morgan fingerprint density at radius 1 is 1.42 bits per heavy atom. The summed E-state index contributed by atoms with van der Waals surface area (Å²) in [6.45, 7) is 3.31. The Kier molecular flexibility index (Phi) is 4.93. The van der Waals surface area contributed by atoms with E-state index < -0.39 is 22.8 Å². The number of carboxylic acids is 1. The molecule has 2 aromatic rings. The summed E-state index contributed by atoms with van der Waals surface area (Å²) >= 11 is 0. The fraction of sp³-hybridized carbons (Fsp3) is 0.267. The number of rotatable bonds is 6. The molecule has 2 rings (SSSR count). The summed E-state index contributed by atoms with van der Waals surface area (Å²) < 4.78 is 1.08. The van der Waals surface area contributed by atoms with Crippen LogP contribution in [0, 0.1) is 24.0 Å². The van der Waals surface area contributed by atoms with Gasteiger partial charge in [-0.05, 0) is 30.5 Å². The van der Waals surface area contributed by atoms with Crippen molar-refractivity contribution >= 4 is 17.6 Å². The van der Waals surface area contributed by atoms with Crippen LogP contribution in [0.5, 0.6) is 0 Å². The van der Waals surface area contributed by atoms with E-state index in [0.29, 0.717) is 5.56 Å². The molecular weight excluding hydrogens is 316 g/mol. The Hall–Kier alpha value is -3.23. The maximum Gasteiger partial charge on any atom is 0.330 e. The van der Waals surface area contributed by atoms with Gasteiger partial charge < -0.3 is 10.4 Å². The smallest absolute Gasteiger partial charge is 0.330 e. The quantitative estimate of drug-likeness (QED) is 0.607. The van der Waals surface area contributed by atoms with E-state index in [1.165, 1.54) is 0 Å². The van der Waals surface area contributed by atoms with Gasteiger partial charge in [-0.2, -0.15) is 5.10 Å². The minimum absolute atomic E-state index is 0.243. The van der Waals surface area contributed by atoms with E-state index in [2.05, 4.69) is 10.4 Å². The summed E-state index contributed by atoms with van der Waals surface area (Å²) in [4.78, 5) is 33.6. The molecule has 9 nitrogen and oxygen atoms in total. The van der Waals surface area contributed by atoms with Gasteiger partial charge in [-0.25, -0.2) is 4.79 Å². The summed E-state index contributed by atoms with van der Waals surface area (Å²) in [5.41, 5.74) is 1.94. The van der Waals surface area contributed by atoms with Crippen LogP contribution in [0.2, 0.25) is 0 Å². The molecule has 1 aromatic carbocycles. The highest BCUT2D eigenvalue weighted by atomic mass is 16.6. The van der Waals surface area contributed by atoms with Gasteiger partial charge in [0.1, 0.15) is 18.9 Å². The number of amides is 1. The lowest BCUT2D eigenvalue weighted by Crippen LogP contribution is -2.36.